The topological polar surface area (TPSA) is 0 Å². The zero-order chi connectivity index (χ0) is 8.55. The van der Waals surface area contributed by atoms with E-state index >= 15 is 0 Å². The van der Waals surface area contributed by atoms with Gasteiger partial charge in [0, 0.05) is 0 Å². The van der Waals surface area contributed by atoms with Crippen molar-refractivity contribution in [1.29, 1.82) is 0 Å². The highest BCUT2D eigenvalue weighted by molar-refractivity contribution is 4.85. The lowest BCUT2D eigenvalue weighted by molar-refractivity contribution is 0.0892. The summed E-state index contributed by atoms with van der Waals surface area (Å²) >= 11 is 0. The lowest BCUT2D eigenvalue weighted by atomic mass is 9.64. The zero-order valence-corrected chi connectivity index (χ0v) is 8.55. The highest BCUT2D eigenvalue weighted by Gasteiger charge is 2.34. The Hall–Kier alpha value is 0. The molecule has 2 aliphatic carbocycles. The van der Waals surface area contributed by atoms with Gasteiger partial charge in [0.05, 0.1) is 0 Å². The molecular formula is C12H22. The van der Waals surface area contributed by atoms with E-state index in [2.05, 4.69) is 13.8 Å². The molecule has 0 aliphatic heterocycles. The van der Waals surface area contributed by atoms with E-state index in [0.29, 0.717) is 0 Å². The minimum atomic E-state index is 1.02. The molecule has 2 fully saturated rings. The van der Waals surface area contributed by atoms with Crippen LogP contribution >= 0.6 is 0 Å². The molecule has 4 atom stereocenters. The van der Waals surface area contributed by atoms with Gasteiger partial charge in [0.1, 0.15) is 0 Å². The van der Waals surface area contributed by atoms with Crippen LogP contribution in [0.1, 0.15) is 52.4 Å². The summed E-state index contributed by atoms with van der Waals surface area (Å²) in [7, 11) is 0. The minimum Gasteiger partial charge on any atom is -0.0625 e. The van der Waals surface area contributed by atoms with Gasteiger partial charge in [0.15, 0.2) is 0 Å². The Balaban J connectivity index is 1.99. The third-order valence-corrected chi connectivity index (χ3v) is 4.27. The van der Waals surface area contributed by atoms with Crippen LogP contribution in [0.3, 0.4) is 0 Å². The average Bonchev–Trinajstić information content (AvgIpc) is 2.04. The molecule has 4 unspecified atom stereocenters. The molecule has 2 saturated carbocycles. The van der Waals surface area contributed by atoms with Gasteiger partial charge in [-0.25, -0.2) is 0 Å². The van der Waals surface area contributed by atoms with Crippen LogP contribution in [0.25, 0.3) is 0 Å². The molecule has 0 amide bonds. The van der Waals surface area contributed by atoms with Crippen molar-refractivity contribution in [2.24, 2.45) is 23.7 Å². The van der Waals surface area contributed by atoms with E-state index < -0.39 is 0 Å². The second-order valence-electron chi connectivity index (χ2n) is 5.25. The van der Waals surface area contributed by atoms with E-state index in [9.17, 15) is 0 Å². The third kappa shape index (κ3) is 1.53. The molecule has 12 heavy (non-hydrogen) atoms. The molecule has 0 radical (unpaired) electrons. The van der Waals surface area contributed by atoms with Gasteiger partial charge in [-0.2, -0.15) is 0 Å². The number of hydrogen-bond donors (Lipinski definition) is 0. The summed E-state index contributed by atoms with van der Waals surface area (Å²) in [5.74, 6) is 4.28. The Labute approximate surface area is 76.7 Å². The zero-order valence-electron chi connectivity index (χ0n) is 8.55. The van der Waals surface area contributed by atoms with Gasteiger partial charge in [-0.15, -0.1) is 0 Å². The molecule has 0 aromatic carbocycles. The first-order valence-electron chi connectivity index (χ1n) is 5.77. The molecule has 0 aromatic rings. The van der Waals surface area contributed by atoms with Crippen molar-refractivity contribution < 1.29 is 0 Å². The Morgan fingerprint density at radius 2 is 1.75 bits per heavy atom. The van der Waals surface area contributed by atoms with Crippen LogP contribution in [0, 0.1) is 23.7 Å². The highest BCUT2D eigenvalue weighted by atomic mass is 14.4. The SMILES string of the molecule is CC1CCC2C(C)CCCC2C1. The van der Waals surface area contributed by atoms with Crippen LogP contribution in [-0.4, -0.2) is 0 Å². The second kappa shape index (κ2) is 3.40. The van der Waals surface area contributed by atoms with Gasteiger partial charge >= 0.3 is 0 Å². The molecule has 2 rings (SSSR count). The molecule has 0 heteroatoms. The third-order valence-electron chi connectivity index (χ3n) is 4.27. The maximum Gasteiger partial charge on any atom is -0.0360 e. The average molecular weight is 166 g/mol. The Kier molecular flexibility index (Phi) is 2.43. The molecule has 0 spiro atoms. The summed E-state index contributed by atoms with van der Waals surface area (Å²) in [6, 6.07) is 0. The first-order valence-corrected chi connectivity index (χ1v) is 5.77. The van der Waals surface area contributed by atoms with Gasteiger partial charge in [-0.3, -0.25) is 0 Å². The molecule has 0 N–H and O–H groups in total. The van der Waals surface area contributed by atoms with Crippen LogP contribution < -0.4 is 0 Å². The Morgan fingerprint density at radius 3 is 2.58 bits per heavy atom. The quantitative estimate of drug-likeness (QED) is 0.512. The summed E-state index contributed by atoms with van der Waals surface area (Å²) in [6.07, 6.45) is 9.14. The summed E-state index contributed by atoms with van der Waals surface area (Å²) in [4.78, 5) is 0. The first kappa shape index (κ1) is 8.59. The lowest BCUT2D eigenvalue weighted by Gasteiger charge is -2.42. The van der Waals surface area contributed by atoms with E-state index in [4.69, 9.17) is 0 Å². The predicted octanol–water partition coefficient (Wildman–Crippen LogP) is 3.86. The van der Waals surface area contributed by atoms with Crippen molar-refractivity contribution in [2.45, 2.75) is 52.4 Å². The van der Waals surface area contributed by atoms with Gasteiger partial charge < -0.3 is 0 Å². The van der Waals surface area contributed by atoms with Crippen LogP contribution in [0.4, 0.5) is 0 Å². The standard InChI is InChI=1S/C12H22/c1-9-6-7-12-10(2)4-3-5-11(12)8-9/h9-12H,3-8H2,1-2H3. The number of hydrogen-bond acceptors (Lipinski definition) is 0. The monoisotopic (exact) mass is 166 g/mol. The smallest absolute Gasteiger partial charge is 0.0360 e. The minimum absolute atomic E-state index is 1.02. The van der Waals surface area contributed by atoms with Gasteiger partial charge in [0.2, 0.25) is 0 Å². The van der Waals surface area contributed by atoms with Crippen molar-refractivity contribution in [1.82, 2.24) is 0 Å². The molecule has 0 bridgehead atoms. The second-order valence-corrected chi connectivity index (χ2v) is 5.25. The van der Waals surface area contributed by atoms with Crippen molar-refractivity contribution in [3.8, 4) is 0 Å². The van der Waals surface area contributed by atoms with Crippen LogP contribution in [0.5, 0.6) is 0 Å². The maximum atomic E-state index is 2.48. The van der Waals surface area contributed by atoms with E-state index in [0.717, 1.165) is 23.7 Å². The van der Waals surface area contributed by atoms with Gasteiger partial charge in [0.25, 0.3) is 0 Å². The van der Waals surface area contributed by atoms with Crippen molar-refractivity contribution in [2.75, 3.05) is 0 Å². The normalized spacial score (nSPS) is 48.5. The molecule has 0 aromatic heterocycles. The molecule has 2 aliphatic rings. The van der Waals surface area contributed by atoms with Gasteiger partial charge in [-0.05, 0) is 36.5 Å². The van der Waals surface area contributed by atoms with E-state index in [1.54, 1.807) is 6.42 Å². The number of fused-ring (bicyclic) bond motifs is 1. The molecular weight excluding hydrogens is 144 g/mol. The molecule has 70 valence electrons. The van der Waals surface area contributed by atoms with Crippen LogP contribution in [0.2, 0.25) is 0 Å². The summed E-state index contributed by atoms with van der Waals surface area (Å²) in [5, 5.41) is 0. The lowest BCUT2D eigenvalue weighted by Crippen LogP contribution is -2.31. The maximum absolute atomic E-state index is 2.48. The van der Waals surface area contributed by atoms with Crippen molar-refractivity contribution in [3.05, 3.63) is 0 Å². The van der Waals surface area contributed by atoms with Crippen LogP contribution in [-0.2, 0) is 0 Å². The van der Waals surface area contributed by atoms with E-state index in [1.165, 1.54) is 32.1 Å². The number of rotatable bonds is 0. The van der Waals surface area contributed by atoms with E-state index in [-0.39, 0.29) is 0 Å². The van der Waals surface area contributed by atoms with Crippen LogP contribution in [0.15, 0.2) is 0 Å². The summed E-state index contributed by atoms with van der Waals surface area (Å²) in [5.41, 5.74) is 0. The Bertz CT molecular complexity index is 150. The summed E-state index contributed by atoms with van der Waals surface area (Å²) in [6.45, 7) is 4.92. The fourth-order valence-corrected chi connectivity index (χ4v) is 3.52. The molecule has 0 nitrogen and oxygen atoms in total. The largest absolute Gasteiger partial charge is 0.0625 e. The fourth-order valence-electron chi connectivity index (χ4n) is 3.52. The summed E-state index contributed by atoms with van der Waals surface area (Å²) < 4.78 is 0. The predicted molar refractivity (Wildman–Crippen MR) is 53.0 cm³/mol. The highest BCUT2D eigenvalue weighted by Crippen LogP contribution is 2.45. The molecule has 0 heterocycles. The Morgan fingerprint density at radius 1 is 0.917 bits per heavy atom. The first-order chi connectivity index (χ1) is 5.77. The fraction of sp³-hybridized carbons (Fsp3) is 1.00. The van der Waals surface area contributed by atoms with E-state index in [1.807, 2.05) is 0 Å². The van der Waals surface area contributed by atoms with Crippen molar-refractivity contribution >= 4 is 0 Å². The molecule has 0 saturated heterocycles. The van der Waals surface area contributed by atoms with Crippen molar-refractivity contribution in [3.63, 3.8) is 0 Å². The van der Waals surface area contributed by atoms with Gasteiger partial charge in [-0.1, -0.05) is 39.5 Å².